The van der Waals surface area contributed by atoms with Crippen LogP contribution in [0, 0.1) is 0 Å². The first kappa shape index (κ1) is 17.7. The molecular weight excluding hydrogens is 293 g/mol. The molecule has 0 bridgehead atoms. The van der Waals surface area contributed by atoms with Crippen LogP contribution in [-0.2, 0) is 16.1 Å². The van der Waals surface area contributed by atoms with Crippen molar-refractivity contribution in [2.45, 2.75) is 39.3 Å². The number of hydrogen-bond donors (Lipinski definition) is 3. The third-order valence-corrected chi connectivity index (χ3v) is 2.49. The van der Waals surface area contributed by atoms with Gasteiger partial charge in [0, 0.05) is 5.54 Å². The summed E-state index contributed by atoms with van der Waals surface area (Å²) in [5.74, 6) is -0.201. The number of nitrogen functional groups attached to an aromatic ring is 1. The second-order valence-electron chi connectivity index (χ2n) is 5.66. The molecule has 0 saturated heterocycles. The molecule has 0 atom stereocenters. The van der Waals surface area contributed by atoms with Crippen molar-refractivity contribution in [1.29, 1.82) is 0 Å². The Labute approximate surface area is 128 Å². The largest absolute Gasteiger partial charge is 0.449 e. The third kappa shape index (κ3) is 5.98. The number of alkyl carbamates (subject to hydrolysis) is 1. The van der Waals surface area contributed by atoms with E-state index in [4.69, 9.17) is 10.5 Å². The molecule has 8 nitrogen and oxygen atoms in total. The fourth-order valence-corrected chi connectivity index (χ4v) is 1.54. The van der Waals surface area contributed by atoms with Gasteiger partial charge in [0.25, 0.3) is 0 Å². The molecule has 0 aromatic carbocycles. The number of nitrogens with one attached hydrogen (secondary N) is 2. The normalized spacial score (nSPS) is 11.1. The van der Waals surface area contributed by atoms with Gasteiger partial charge in [-0.1, -0.05) is 0 Å². The number of halogens is 1. The Kier molecular flexibility index (Phi) is 6.14. The van der Waals surface area contributed by atoms with Crippen LogP contribution >= 0.6 is 0 Å². The van der Waals surface area contributed by atoms with Crippen LogP contribution in [0.15, 0.2) is 6.20 Å². The van der Waals surface area contributed by atoms with Crippen molar-refractivity contribution in [2.24, 2.45) is 0 Å². The predicted octanol–water partition coefficient (Wildman–Crippen LogP) is 1.29. The highest BCUT2D eigenvalue weighted by Gasteiger charge is 2.15. The number of aryl methyl sites for hydroxylation is 1. The van der Waals surface area contributed by atoms with Gasteiger partial charge in [-0.05, 0) is 20.8 Å². The summed E-state index contributed by atoms with van der Waals surface area (Å²) in [7, 11) is 0. The molecule has 9 heteroatoms. The fourth-order valence-electron chi connectivity index (χ4n) is 1.54. The number of amides is 2. The predicted molar refractivity (Wildman–Crippen MR) is 80.1 cm³/mol. The van der Waals surface area contributed by atoms with Crippen molar-refractivity contribution in [1.82, 2.24) is 15.1 Å². The SMILES string of the molecule is CC(C)(C)NC(=O)OCCC(=O)Nc1cnn(CCF)c1N. The van der Waals surface area contributed by atoms with Crippen molar-refractivity contribution in [3.63, 3.8) is 0 Å². The molecule has 0 aliphatic heterocycles. The molecule has 1 heterocycles. The minimum absolute atomic E-state index is 0.0225. The molecule has 0 unspecified atom stereocenters. The number of alkyl halides is 1. The minimum atomic E-state index is -0.601. The topological polar surface area (TPSA) is 111 Å². The fraction of sp³-hybridized carbons (Fsp3) is 0.615. The van der Waals surface area contributed by atoms with Crippen LogP contribution in [-0.4, -0.2) is 40.6 Å². The molecule has 0 spiro atoms. The number of rotatable bonds is 6. The quantitative estimate of drug-likeness (QED) is 0.732. The molecule has 124 valence electrons. The zero-order valence-corrected chi connectivity index (χ0v) is 13.0. The average molecular weight is 315 g/mol. The van der Waals surface area contributed by atoms with Crippen molar-refractivity contribution in [2.75, 3.05) is 24.3 Å². The molecule has 1 rings (SSSR count). The lowest BCUT2D eigenvalue weighted by Gasteiger charge is -2.19. The molecule has 4 N–H and O–H groups in total. The molecule has 0 fully saturated rings. The van der Waals surface area contributed by atoms with Crippen LogP contribution in [0.1, 0.15) is 27.2 Å². The minimum Gasteiger partial charge on any atom is -0.449 e. The smallest absolute Gasteiger partial charge is 0.407 e. The average Bonchev–Trinajstić information content (AvgIpc) is 2.70. The lowest BCUT2D eigenvalue weighted by atomic mass is 10.1. The van der Waals surface area contributed by atoms with Gasteiger partial charge in [0.05, 0.1) is 19.2 Å². The lowest BCUT2D eigenvalue weighted by Crippen LogP contribution is -2.41. The molecule has 0 aliphatic carbocycles. The van der Waals surface area contributed by atoms with E-state index >= 15 is 0 Å². The standard InChI is InChI=1S/C13H22FN5O3/c1-13(2,3)18-12(21)22-7-4-10(20)17-9-8-16-19(6-5-14)11(9)15/h8H,4-7,15H2,1-3H3,(H,17,20)(H,18,21). The van der Waals surface area contributed by atoms with Crippen LogP contribution in [0.25, 0.3) is 0 Å². The van der Waals surface area contributed by atoms with Crippen molar-refractivity contribution >= 4 is 23.5 Å². The number of anilines is 2. The molecule has 22 heavy (non-hydrogen) atoms. The van der Waals surface area contributed by atoms with Gasteiger partial charge in [-0.2, -0.15) is 5.10 Å². The molecular formula is C13H22FN5O3. The van der Waals surface area contributed by atoms with Crippen molar-refractivity contribution < 1.29 is 18.7 Å². The van der Waals surface area contributed by atoms with Crippen LogP contribution in [0.3, 0.4) is 0 Å². The summed E-state index contributed by atoms with van der Waals surface area (Å²) in [4.78, 5) is 23.1. The first-order chi connectivity index (χ1) is 10.2. The van der Waals surface area contributed by atoms with Gasteiger partial charge in [-0.3, -0.25) is 4.79 Å². The maximum atomic E-state index is 12.2. The zero-order chi connectivity index (χ0) is 16.8. The van der Waals surface area contributed by atoms with Gasteiger partial charge in [-0.15, -0.1) is 0 Å². The van der Waals surface area contributed by atoms with E-state index in [9.17, 15) is 14.0 Å². The number of nitrogens with zero attached hydrogens (tertiary/aromatic N) is 2. The molecule has 0 aliphatic rings. The monoisotopic (exact) mass is 315 g/mol. The van der Waals surface area contributed by atoms with E-state index in [0.717, 1.165) is 0 Å². The van der Waals surface area contributed by atoms with E-state index in [1.54, 1.807) is 0 Å². The highest BCUT2D eigenvalue weighted by molar-refractivity contribution is 5.93. The van der Waals surface area contributed by atoms with Gasteiger partial charge in [-0.25, -0.2) is 13.9 Å². The maximum Gasteiger partial charge on any atom is 0.407 e. The summed E-state index contributed by atoms with van der Waals surface area (Å²) in [5.41, 5.74) is 5.61. The molecule has 0 saturated carbocycles. The van der Waals surface area contributed by atoms with E-state index < -0.39 is 18.3 Å². The van der Waals surface area contributed by atoms with E-state index in [0.29, 0.717) is 5.69 Å². The van der Waals surface area contributed by atoms with E-state index in [1.807, 2.05) is 20.8 Å². The Morgan fingerprint density at radius 1 is 1.45 bits per heavy atom. The van der Waals surface area contributed by atoms with E-state index in [-0.39, 0.29) is 31.3 Å². The summed E-state index contributed by atoms with van der Waals surface area (Å²) in [6, 6.07) is 0. The molecule has 1 aromatic rings. The number of carbonyl (C=O) groups excluding carboxylic acids is 2. The Hall–Kier alpha value is -2.32. The van der Waals surface area contributed by atoms with Gasteiger partial charge in [0.15, 0.2) is 0 Å². The Morgan fingerprint density at radius 2 is 2.14 bits per heavy atom. The first-order valence-electron chi connectivity index (χ1n) is 6.85. The van der Waals surface area contributed by atoms with Crippen molar-refractivity contribution in [3.05, 3.63) is 6.20 Å². The zero-order valence-electron chi connectivity index (χ0n) is 13.0. The first-order valence-corrected chi connectivity index (χ1v) is 6.85. The highest BCUT2D eigenvalue weighted by Crippen LogP contribution is 2.17. The maximum absolute atomic E-state index is 12.2. The van der Waals surface area contributed by atoms with Gasteiger partial charge in [0.1, 0.15) is 24.8 Å². The third-order valence-electron chi connectivity index (χ3n) is 2.49. The van der Waals surface area contributed by atoms with Crippen LogP contribution in [0.5, 0.6) is 0 Å². The summed E-state index contributed by atoms with van der Waals surface area (Å²) in [5, 5.41) is 8.99. The van der Waals surface area contributed by atoms with Gasteiger partial charge < -0.3 is 21.1 Å². The van der Waals surface area contributed by atoms with Crippen molar-refractivity contribution in [3.8, 4) is 0 Å². The van der Waals surface area contributed by atoms with Gasteiger partial charge in [0.2, 0.25) is 5.91 Å². The van der Waals surface area contributed by atoms with E-state index in [2.05, 4.69) is 15.7 Å². The number of aromatic nitrogens is 2. The van der Waals surface area contributed by atoms with E-state index in [1.165, 1.54) is 10.9 Å². The Balaban J connectivity index is 2.36. The van der Waals surface area contributed by atoms with Crippen LogP contribution < -0.4 is 16.4 Å². The number of carbonyl (C=O) groups is 2. The van der Waals surface area contributed by atoms with Gasteiger partial charge >= 0.3 is 6.09 Å². The summed E-state index contributed by atoms with van der Waals surface area (Å²) in [6.45, 7) is 4.82. The second kappa shape index (κ2) is 7.62. The second-order valence-corrected chi connectivity index (χ2v) is 5.66. The number of ether oxygens (including phenoxy) is 1. The van der Waals surface area contributed by atoms with Crippen LogP contribution in [0.2, 0.25) is 0 Å². The van der Waals surface area contributed by atoms with Crippen LogP contribution in [0.4, 0.5) is 20.7 Å². The Bertz CT molecular complexity index is 524. The summed E-state index contributed by atoms with van der Waals surface area (Å²) >= 11 is 0. The summed E-state index contributed by atoms with van der Waals surface area (Å²) < 4.78 is 18.4. The Morgan fingerprint density at radius 3 is 2.73 bits per heavy atom. The number of nitrogens with two attached hydrogens (primary N) is 1. The lowest BCUT2D eigenvalue weighted by molar-refractivity contribution is -0.116. The molecule has 2 amide bonds. The highest BCUT2D eigenvalue weighted by atomic mass is 19.1. The molecule has 0 radical (unpaired) electrons. The molecule has 1 aromatic heterocycles. The number of hydrogen-bond acceptors (Lipinski definition) is 5. The summed E-state index contributed by atoms with van der Waals surface area (Å²) in [6.07, 6.45) is 0.733.